The second-order valence-electron chi connectivity index (χ2n) is 7.38. The Labute approximate surface area is 175 Å². The van der Waals surface area contributed by atoms with Crippen molar-refractivity contribution in [2.24, 2.45) is 0 Å². The predicted octanol–water partition coefficient (Wildman–Crippen LogP) is 3.24. The number of nitrogens with one attached hydrogen (secondary N) is 1. The van der Waals surface area contributed by atoms with E-state index in [0.717, 1.165) is 28.7 Å². The van der Waals surface area contributed by atoms with Crippen molar-refractivity contribution < 1.29 is 24.2 Å². The molecule has 2 aromatic rings. The molecule has 0 aromatic heterocycles. The van der Waals surface area contributed by atoms with Gasteiger partial charge in [-0.1, -0.05) is 55.5 Å². The molecule has 1 atom stereocenters. The molecule has 1 unspecified atom stereocenters. The lowest BCUT2D eigenvalue weighted by Crippen LogP contribution is -2.48. The third-order valence-electron chi connectivity index (χ3n) is 5.25. The van der Waals surface area contributed by atoms with Gasteiger partial charge in [-0.15, -0.1) is 0 Å². The van der Waals surface area contributed by atoms with Crippen molar-refractivity contribution in [3.8, 4) is 11.1 Å². The van der Waals surface area contributed by atoms with Gasteiger partial charge in [-0.05, 0) is 28.7 Å². The molecule has 30 heavy (non-hydrogen) atoms. The first-order chi connectivity index (χ1) is 14.4. The molecule has 0 heterocycles. The minimum atomic E-state index is -1.17. The molecule has 0 radical (unpaired) electrons. The van der Waals surface area contributed by atoms with Crippen LogP contribution in [0.3, 0.4) is 0 Å². The number of carboxylic acids is 1. The smallest absolute Gasteiger partial charge is 0.407 e. The summed E-state index contributed by atoms with van der Waals surface area (Å²) >= 11 is 0. The van der Waals surface area contributed by atoms with Gasteiger partial charge in [0.05, 0.1) is 6.42 Å². The molecule has 0 saturated heterocycles. The third kappa shape index (κ3) is 4.62. The van der Waals surface area contributed by atoms with Crippen molar-refractivity contribution in [2.45, 2.75) is 31.7 Å². The van der Waals surface area contributed by atoms with Crippen LogP contribution in [0.15, 0.2) is 48.5 Å². The molecule has 0 bridgehead atoms. The highest BCUT2D eigenvalue weighted by Gasteiger charge is 2.30. The van der Waals surface area contributed by atoms with E-state index in [2.05, 4.69) is 5.32 Å². The summed E-state index contributed by atoms with van der Waals surface area (Å²) in [4.78, 5) is 37.5. The molecule has 2 aromatic carbocycles. The van der Waals surface area contributed by atoms with Gasteiger partial charge < -0.3 is 20.1 Å². The van der Waals surface area contributed by atoms with Crippen molar-refractivity contribution in [1.29, 1.82) is 0 Å². The van der Waals surface area contributed by atoms with Gasteiger partial charge >= 0.3 is 12.1 Å². The molecule has 2 N–H and O–H groups in total. The minimum Gasteiger partial charge on any atom is -0.481 e. The SMILES string of the molecule is CCCN(C)C(=O)C(CC(=O)O)NC(=O)OCC1c2ccccc2-c2ccccc21. The maximum atomic E-state index is 12.5. The number of benzene rings is 2. The molecule has 2 amide bonds. The van der Waals surface area contributed by atoms with Crippen LogP contribution in [0, 0.1) is 0 Å². The van der Waals surface area contributed by atoms with Crippen LogP contribution < -0.4 is 5.32 Å². The summed E-state index contributed by atoms with van der Waals surface area (Å²) in [6.45, 7) is 2.48. The van der Waals surface area contributed by atoms with Crippen molar-refractivity contribution in [3.05, 3.63) is 59.7 Å². The van der Waals surface area contributed by atoms with E-state index >= 15 is 0 Å². The van der Waals surface area contributed by atoms with Crippen LogP contribution in [-0.4, -0.2) is 54.2 Å². The number of nitrogens with zero attached hydrogens (tertiary/aromatic N) is 1. The van der Waals surface area contributed by atoms with Crippen LogP contribution in [0.25, 0.3) is 11.1 Å². The number of hydrogen-bond donors (Lipinski definition) is 2. The average Bonchev–Trinajstić information content (AvgIpc) is 3.05. The number of amides is 2. The minimum absolute atomic E-state index is 0.0959. The number of rotatable bonds is 8. The Balaban J connectivity index is 1.68. The van der Waals surface area contributed by atoms with Crippen LogP contribution in [0.2, 0.25) is 0 Å². The Hall–Kier alpha value is -3.35. The summed E-state index contributed by atoms with van der Waals surface area (Å²) in [6, 6.07) is 14.8. The van der Waals surface area contributed by atoms with E-state index in [1.54, 1.807) is 7.05 Å². The van der Waals surface area contributed by atoms with Crippen molar-refractivity contribution in [2.75, 3.05) is 20.2 Å². The first-order valence-electron chi connectivity index (χ1n) is 10.0. The Morgan fingerprint density at radius 1 is 1.07 bits per heavy atom. The molecule has 3 rings (SSSR count). The zero-order valence-electron chi connectivity index (χ0n) is 17.1. The van der Waals surface area contributed by atoms with E-state index in [9.17, 15) is 14.4 Å². The number of alkyl carbamates (subject to hydrolysis) is 1. The van der Waals surface area contributed by atoms with E-state index in [4.69, 9.17) is 9.84 Å². The fourth-order valence-electron chi connectivity index (χ4n) is 3.87. The van der Waals surface area contributed by atoms with E-state index in [-0.39, 0.29) is 12.5 Å². The normalized spacial score (nSPS) is 13.1. The van der Waals surface area contributed by atoms with Gasteiger partial charge in [0.15, 0.2) is 0 Å². The molecule has 1 aliphatic carbocycles. The number of carboxylic acid groups (broad SMARTS) is 1. The molecular formula is C23H26N2O5. The Morgan fingerprint density at radius 2 is 1.63 bits per heavy atom. The summed E-state index contributed by atoms with van der Waals surface area (Å²) in [6.07, 6.45) is -0.578. The lowest BCUT2D eigenvalue weighted by molar-refractivity contribution is -0.142. The molecule has 0 aliphatic heterocycles. The lowest BCUT2D eigenvalue weighted by Gasteiger charge is -2.23. The number of hydrogen-bond acceptors (Lipinski definition) is 4. The molecule has 7 nitrogen and oxygen atoms in total. The third-order valence-corrected chi connectivity index (χ3v) is 5.25. The number of ether oxygens (including phenoxy) is 1. The molecular weight excluding hydrogens is 384 g/mol. The molecule has 158 valence electrons. The van der Waals surface area contributed by atoms with E-state index in [1.165, 1.54) is 4.90 Å². The fourth-order valence-corrected chi connectivity index (χ4v) is 3.87. The van der Waals surface area contributed by atoms with Gasteiger partial charge in [-0.2, -0.15) is 0 Å². The summed E-state index contributed by atoms with van der Waals surface area (Å²) < 4.78 is 5.43. The lowest BCUT2D eigenvalue weighted by atomic mass is 9.98. The predicted molar refractivity (Wildman–Crippen MR) is 112 cm³/mol. The zero-order chi connectivity index (χ0) is 21.7. The molecule has 0 fully saturated rings. The van der Waals surface area contributed by atoms with Gasteiger partial charge in [-0.3, -0.25) is 9.59 Å². The van der Waals surface area contributed by atoms with Gasteiger partial charge in [0.2, 0.25) is 5.91 Å². The summed E-state index contributed by atoms with van der Waals surface area (Å²) in [5.74, 6) is -1.73. The quantitative estimate of drug-likeness (QED) is 0.697. The molecule has 0 spiro atoms. The average molecular weight is 410 g/mol. The Bertz CT molecular complexity index is 897. The van der Waals surface area contributed by atoms with Crippen LogP contribution >= 0.6 is 0 Å². The molecule has 0 saturated carbocycles. The van der Waals surface area contributed by atoms with Crippen LogP contribution in [0.1, 0.15) is 36.8 Å². The number of carbonyl (C=O) groups excluding carboxylic acids is 2. The largest absolute Gasteiger partial charge is 0.481 e. The maximum Gasteiger partial charge on any atom is 0.407 e. The first kappa shape index (κ1) is 21.4. The van der Waals surface area contributed by atoms with Gasteiger partial charge in [-0.25, -0.2) is 4.79 Å². The van der Waals surface area contributed by atoms with Crippen molar-refractivity contribution >= 4 is 18.0 Å². The standard InChI is InChI=1S/C23H26N2O5/c1-3-12-25(2)22(28)20(13-21(26)27)24-23(29)30-14-19-17-10-6-4-8-15(17)16-9-5-7-11-18(16)19/h4-11,19-20H,3,12-14H2,1-2H3,(H,24,29)(H,26,27). The summed E-state index contributed by atoms with van der Waals surface area (Å²) in [5, 5.41) is 11.5. The number of carbonyl (C=O) groups is 3. The highest BCUT2D eigenvalue weighted by Crippen LogP contribution is 2.44. The number of aliphatic carboxylic acids is 1. The summed E-state index contributed by atoms with van der Waals surface area (Å²) in [7, 11) is 1.58. The molecule has 1 aliphatic rings. The van der Waals surface area contributed by atoms with Gasteiger partial charge in [0.1, 0.15) is 12.6 Å². The Morgan fingerprint density at radius 3 is 2.17 bits per heavy atom. The van der Waals surface area contributed by atoms with Gasteiger partial charge in [0.25, 0.3) is 0 Å². The summed E-state index contributed by atoms with van der Waals surface area (Å²) in [5.41, 5.74) is 4.38. The molecule has 7 heteroatoms. The monoisotopic (exact) mass is 410 g/mol. The van der Waals surface area contributed by atoms with E-state index < -0.39 is 30.4 Å². The van der Waals surface area contributed by atoms with Crippen LogP contribution in [-0.2, 0) is 14.3 Å². The second-order valence-corrected chi connectivity index (χ2v) is 7.38. The van der Waals surface area contributed by atoms with Crippen molar-refractivity contribution in [1.82, 2.24) is 10.2 Å². The van der Waals surface area contributed by atoms with E-state index in [0.29, 0.717) is 6.54 Å². The van der Waals surface area contributed by atoms with Gasteiger partial charge in [0, 0.05) is 19.5 Å². The highest BCUT2D eigenvalue weighted by molar-refractivity contribution is 5.89. The maximum absolute atomic E-state index is 12.5. The zero-order valence-corrected chi connectivity index (χ0v) is 17.1. The topological polar surface area (TPSA) is 95.9 Å². The first-order valence-corrected chi connectivity index (χ1v) is 10.0. The van der Waals surface area contributed by atoms with Crippen molar-refractivity contribution in [3.63, 3.8) is 0 Å². The van der Waals surface area contributed by atoms with Crippen LogP contribution in [0.5, 0.6) is 0 Å². The highest BCUT2D eigenvalue weighted by atomic mass is 16.5. The van der Waals surface area contributed by atoms with E-state index in [1.807, 2.05) is 55.5 Å². The second kappa shape index (κ2) is 9.43. The fraction of sp³-hybridized carbons (Fsp3) is 0.348. The number of likely N-dealkylation sites (N-methyl/N-ethyl adjacent to an activating group) is 1. The number of fused-ring (bicyclic) bond motifs is 3. The Kier molecular flexibility index (Phi) is 6.72. The van der Waals surface area contributed by atoms with Crippen LogP contribution in [0.4, 0.5) is 4.79 Å².